The summed E-state index contributed by atoms with van der Waals surface area (Å²) in [7, 11) is 0. The molecule has 1 N–H and O–H groups in total. The van der Waals surface area contributed by atoms with Crippen LogP contribution in [0, 0.1) is 19.7 Å². The van der Waals surface area contributed by atoms with E-state index in [2.05, 4.69) is 5.32 Å². The van der Waals surface area contributed by atoms with Crippen LogP contribution in [0.3, 0.4) is 0 Å². The van der Waals surface area contributed by atoms with Crippen LogP contribution >= 0.6 is 0 Å². The SMILES string of the molecule is Cc1cccc(N(C(=O)c2ccoc2C)[C@H](C(=O)NC2CCCC2)c2ccc(F)cc2)c1. The van der Waals surface area contributed by atoms with Gasteiger partial charge in [0.2, 0.25) is 5.91 Å². The third kappa shape index (κ3) is 4.59. The first-order valence-electron chi connectivity index (χ1n) is 10.9. The molecule has 1 atom stereocenters. The lowest BCUT2D eigenvalue weighted by molar-refractivity contribution is -0.123. The molecule has 2 amide bonds. The summed E-state index contributed by atoms with van der Waals surface area (Å²) in [5, 5.41) is 3.12. The summed E-state index contributed by atoms with van der Waals surface area (Å²) in [4.78, 5) is 28.9. The Hall–Kier alpha value is -3.41. The van der Waals surface area contributed by atoms with Crippen molar-refractivity contribution < 1.29 is 18.4 Å². The number of carbonyl (C=O) groups excluding carboxylic acids is 2. The lowest BCUT2D eigenvalue weighted by Crippen LogP contribution is -2.46. The van der Waals surface area contributed by atoms with Crippen molar-refractivity contribution in [2.45, 2.75) is 51.6 Å². The molecule has 6 heteroatoms. The van der Waals surface area contributed by atoms with E-state index in [-0.39, 0.29) is 17.9 Å². The van der Waals surface area contributed by atoms with Crippen molar-refractivity contribution in [1.82, 2.24) is 5.32 Å². The molecule has 2 aromatic carbocycles. The standard InChI is InChI=1S/C26H27FN2O3/c1-17-6-5-9-22(16-17)29(26(31)23-14-15-32-18(23)2)24(19-10-12-20(27)13-11-19)25(30)28-21-7-3-4-8-21/h5-6,9-16,21,24H,3-4,7-8H2,1-2H3,(H,28,30)/t24-/m0/s1. The second kappa shape index (κ2) is 9.39. The zero-order valence-electron chi connectivity index (χ0n) is 18.3. The normalized spacial score (nSPS) is 14.8. The van der Waals surface area contributed by atoms with Crippen LogP contribution in [-0.2, 0) is 4.79 Å². The summed E-state index contributed by atoms with van der Waals surface area (Å²) in [6, 6.07) is 13.9. The molecule has 0 unspecified atom stereocenters. The Morgan fingerprint density at radius 2 is 1.78 bits per heavy atom. The van der Waals surface area contributed by atoms with Gasteiger partial charge in [-0.05, 0) is 68.1 Å². The maximum Gasteiger partial charge on any atom is 0.262 e. The topological polar surface area (TPSA) is 62.6 Å². The van der Waals surface area contributed by atoms with Crippen LogP contribution in [0.1, 0.15) is 59.0 Å². The van der Waals surface area contributed by atoms with Gasteiger partial charge in [-0.2, -0.15) is 0 Å². The number of nitrogens with zero attached hydrogens (tertiary/aromatic N) is 1. The van der Waals surface area contributed by atoms with Gasteiger partial charge in [0.05, 0.1) is 11.8 Å². The highest BCUT2D eigenvalue weighted by molar-refractivity contribution is 6.10. The Morgan fingerprint density at radius 1 is 1.06 bits per heavy atom. The van der Waals surface area contributed by atoms with Crippen LogP contribution in [0.5, 0.6) is 0 Å². The number of hydrogen-bond acceptors (Lipinski definition) is 3. The molecule has 1 aromatic heterocycles. The third-order valence-corrected chi connectivity index (χ3v) is 5.98. The molecule has 32 heavy (non-hydrogen) atoms. The second-order valence-corrected chi connectivity index (χ2v) is 8.35. The molecule has 1 aliphatic carbocycles. The molecule has 4 rings (SSSR count). The Balaban J connectivity index is 1.83. The summed E-state index contributed by atoms with van der Waals surface area (Å²) >= 11 is 0. The van der Waals surface area contributed by atoms with E-state index in [0.717, 1.165) is 31.2 Å². The van der Waals surface area contributed by atoms with Gasteiger partial charge < -0.3 is 9.73 Å². The van der Waals surface area contributed by atoms with Crippen molar-refractivity contribution in [3.05, 3.63) is 89.1 Å². The van der Waals surface area contributed by atoms with Gasteiger partial charge in [0, 0.05) is 11.7 Å². The molecule has 0 bridgehead atoms. The molecule has 0 saturated heterocycles. The minimum Gasteiger partial charge on any atom is -0.469 e. The minimum atomic E-state index is -0.959. The summed E-state index contributed by atoms with van der Waals surface area (Å²) in [6.07, 6.45) is 5.44. The maximum atomic E-state index is 13.8. The lowest BCUT2D eigenvalue weighted by Gasteiger charge is -2.32. The Kier molecular flexibility index (Phi) is 6.40. The smallest absolute Gasteiger partial charge is 0.262 e. The number of carbonyl (C=O) groups is 2. The first-order valence-corrected chi connectivity index (χ1v) is 10.9. The molecular weight excluding hydrogens is 407 g/mol. The molecule has 0 aliphatic heterocycles. The molecular formula is C26H27FN2O3. The fourth-order valence-corrected chi connectivity index (χ4v) is 4.31. The predicted octanol–water partition coefficient (Wildman–Crippen LogP) is 5.48. The third-order valence-electron chi connectivity index (χ3n) is 5.98. The van der Waals surface area contributed by atoms with Gasteiger partial charge in [0.15, 0.2) is 0 Å². The lowest BCUT2D eigenvalue weighted by atomic mass is 10.0. The van der Waals surface area contributed by atoms with Crippen LogP contribution in [0.15, 0.2) is 65.3 Å². The fourth-order valence-electron chi connectivity index (χ4n) is 4.31. The van der Waals surface area contributed by atoms with Crippen LogP contribution in [0.25, 0.3) is 0 Å². The van der Waals surface area contributed by atoms with E-state index >= 15 is 0 Å². The zero-order chi connectivity index (χ0) is 22.7. The van der Waals surface area contributed by atoms with Gasteiger partial charge >= 0.3 is 0 Å². The monoisotopic (exact) mass is 434 g/mol. The summed E-state index contributed by atoms with van der Waals surface area (Å²) in [5.41, 5.74) is 2.47. The summed E-state index contributed by atoms with van der Waals surface area (Å²) in [5.74, 6) is -0.554. The molecule has 1 saturated carbocycles. The molecule has 0 spiro atoms. The van der Waals surface area contributed by atoms with Gasteiger partial charge in [-0.15, -0.1) is 0 Å². The van der Waals surface area contributed by atoms with Crippen molar-refractivity contribution in [2.24, 2.45) is 0 Å². The predicted molar refractivity (Wildman–Crippen MR) is 121 cm³/mol. The quantitative estimate of drug-likeness (QED) is 0.559. The van der Waals surface area contributed by atoms with E-state index in [4.69, 9.17) is 4.42 Å². The average Bonchev–Trinajstić information content (AvgIpc) is 3.44. The largest absolute Gasteiger partial charge is 0.469 e. The number of rotatable bonds is 6. The highest BCUT2D eigenvalue weighted by Gasteiger charge is 2.35. The number of benzene rings is 2. The molecule has 3 aromatic rings. The second-order valence-electron chi connectivity index (χ2n) is 8.35. The number of furan rings is 1. The van der Waals surface area contributed by atoms with Crippen molar-refractivity contribution in [3.8, 4) is 0 Å². The van der Waals surface area contributed by atoms with Crippen molar-refractivity contribution >= 4 is 17.5 Å². The van der Waals surface area contributed by atoms with Gasteiger partial charge in [-0.1, -0.05) is 37.1 Å². The van der Waals surface area contributed by atoms with Crippen molar-refractivity contribution in [1.29, 1.82) is 0 Å². The molecule has 166 valence electrons. The zero-order valence-corrected chi connectivity index (χ0v) is 18.3. The number of anilines is 1. The number of amides is 2. The molecule has 1 fully saturated rings. The molecule has 0 radical (unpaired) electrons. The van der Waals surface area contributed by atoms with Gasteiger partial charge in [-0.25, -0.2) is 4.39 Å². The van der Waals surface area contributed by atoms with E-state index in [1.807, 2.05) is 25.1 Å². The Labute approximate surface area is 187 Å². The first kappa shape index (κ1) is 21.8. The van der Waals surface area contributed by atoms with Crippen LogP contribution in [0.2, 0.25) is 0 Å². The first-order chi connectivity index (χ1) is 15.4. The molecule has 1 heterocycles. The van der Waals surface area contributed by atoms with E-state index < -0.39 is 11.9 Å². The van der Waals surface area contributed by atoms with Gasteiger partial charge in [0.25, 0.3) is 5.91 Å². The van der Waals surface area contributed by atoms with Gasteiger partial charge in [-0.3, -0.25) is 14.5 Å². The maximum absolute atomic E-state index is 13.8. The number of nitrogens with one attached hydrogen (secondary N) is 1. The van der Waals surface area contributed by atoms with E-state index in [1.165, 1.54) is 23.3 Å². The summed E-state index contributed by atoms with van der Waals surface area (Å²) < 4.78 is 19.1. The Morgan fingerprint density at radius 3 is 2.41 bits per heavy atom. The highest BCUT2D eigenvalue weighted by atomic mass is 19.1. The van der Waals surface area contributed by atoms with E-state index in [1.54, 1.807) is 31.2 Å². The van der Waals surface area contributed by atoms with E-state index in [9.17, 15) is 14.0 Å². The Bertz CT molecular complexity index is 1100. The molecule has 5 nitrogen and oxygen atoms in total. The van der Waals surface area contributed by atoms with Crippen LogP contribution < -0.4 is 10.2 Å². The number of hydrogen-bond donors (Lipinski definition) is 1. The van der Waals surface area contributed by atoms with Crippen molar-refractivity contribution in [3.63, 3.8) is 0 Å². The molecule has 1 aliphatic rings. The number of aryl methyl sites for hydroxylation is 2. The van der Waals surface area contributed by atoms with Gasteiger partial charge in [0.1, 0.15) is 17.6 Å². The minimum absolute atomic E-state index is 0.0792. The number of halogens is 1. The highest BCUT2D eigenvalue weighted by Crippen LogP contribution is 2.32. The fraction of sp³-hybridized carbons (Fsp3) is 0.308. The average molecular weight is 435 g/mol. The van der Waals surface area contributed by atoms with E-state index in [0.29, 0.717) is 22.6 Å². The summed E-state index contributed by atoms with van der Waals surface area (Å²) in [6.45, 7) is 3.65. The van der Waals surface area contributed by atoms with Crippen molar-refractivity contribution in [2.75, 3.05) is 4.90 Å². The van der Waals surface area contributed by atoms with Crippen LogP contribution in [0.4, 0.5) is 10.1 Å². The van der Waals surface area contributed by atoms with Crippen LogP contribution in [-0.4, -0.2) is 17.9 Å².